The average Bonchev–Trinajstić information content (AvgIpc) is 2.30. The minimum atomic E-state index is -3.52. The minimum absolute atomic E-state index is 0.0264. The summed E-state index contributed by atoms with van der Waals surface area (Å²) in [7, 11) is 1.29. The number of phenols is 1. The lowest BCUT2D eigenvalue weighted by Gasteiger charge is -2.23. The summed E-state index contributed by atoms with van der Waals surface area (Å²) in [5.41, 5.74) is 5.13. The third-order valence-electron chi connectivity index (χ3n) is 2.29. The van der Waals surface area contributed by atoms with E-state index in [2.05, 4.69) is 15.9 Å². The van der Waals surface area contributed by atoms with Crippen LogP contribution in [-0.4, -0.2) is 29.9 Å². The van der Waals surface area contributed by atoms with Crippen molar-refractivity contribution in [3.63, 3.8) is 0 Å². The zero-order valence-corrected chi connectivity index (χ0v) is 10.5. The van der Waals surface area contributed by atoms with E-state index in [-0.39, 0.29) is 11.3 Å². The van der Waals surface area contributed by atoms with Crippen LogP contribution in [0.2, 0.25) is 0 Å². The summed E-state index contributed by atoms with van der Waals surface area (Å²) in [6.45, 7) is -1.40. The van der Waals surface area contributed by atoms with Crippen LogP contribution >= 0.6 is 15.9 Å². The summed E-state index contributed by atoms with van der Waals surface area (Å²) in [6, 6.07) is 0.855. The molecule has 17 heavy (non-hydrogen) atoms. The van der Waals surface area contributed by atoms with E-state index in [1.54, 1.807) is 0 Å². The zero-order chi connectivity index (χ0) is 13.2. The summed E-state index contributed by atoms with van der Waals surface area (Å²) in [5.74, 6) is -3.96. The second-order valence-corrected chi connectivity index (χ2v) is 4.36. The van der Waals surface area contributed by atoms with Gasteiger partial charge in [-0.15, -0.1) is 0 Å². The smallest absolute Gasteiger partial charge is 0.289 e. The molecule has 0 saturated carbocycles. The van der Waals surface area contributed by atoms with Gasteiger partial charge in [0.1, 0.15) is 12.6 Å². The van der Waals surface area contributed by atoms with Crippen LogP contribution in [0.5, 0.6) is 11.5 Å². The van der Waals surface area contributed by atoms with Gasteiger partial charge in [-0.3, -0.25) is 0 Å². The van der Waals surface area contributed by atoms with Gasteiger partial charge >= 0.3 is 0 Å². The minimum Gasteiger partial charge on any atom is -0.504 e. The maximum atomic E-state index is 13.2. The van der Waals surface area contributed by atoms with Crippen LogP contribution in [0.1, 0.15) is 11.6 Å². The van der Waals surface area contributed by atoms with E-state index in [1.165, 1.54) is 19.2 Å². The average molecular weight is 312 g/mol. The van der Waals surface area contributed by atoms with Crippen LogP contribution in [0, 0.1) is 0 Å². The van der Waals surface area contributed by atoms with Crippen LogP contribution in [0.25, 0.3) is 0 Å². The Hall–Kier alpha value is -0.920. The normalized spacial score (nSPS) is 13.5. The predicted molar refractivity (Wildman–Crippen MR) is 61.3 cm³/mol. The number of hydrogen-bond donors (Lipinski definition) is 3. The Morgan fingerprint density at radius 3 is 2.59 bits per heavy atom. The molecule has 0 unspecified atom stereocenters. The fraction of sp³-hybridized carbons (Fsp3) is 0.400. The summed E-state index contributed by atoms with van der Waals surface area (Å²) in [6.07, 6.45) is 0. The maximum Gasteiger partial charge on any atom is 0.289 e. The first-order valence-corrected chi connectivity index (χ1v) is 5.43. The number of halogens is 3. The molecule has 0 spiro atoms. The molecule has 96 valence electrons. The Morgan fingerprint density at radius 1 is 1.53 bits per heavy atom. The molecule has 4 N–H and O–H groups in total. The van der Waals surface area contributed by atoms with Crippen molar-refractivity contribution in [2.24, 2.45) is 5.73 Å². The molecule has 0 aromatic heterocycles. The highest BCUT2D eigenvalue weighted by molar-refractivity contribution is 9.10. The van der Waals surface area contributed by atoms with Crippen LogP contribution < -0.4 is 10.5 Å². The van der Waals surface area contributed by atoms with Gasteiger partial charge in [0.2, 0.25) is 0 Å². The van der Waals surface area contributed by atoms with Crippen molar-refractivity contribution in [3.8, 4) is 11.5 Å². The van der Waals surface area contributed by atoms with Gasteiger partial charge < -0.3 is 20.7 Å². The van der Waals surface area contributed by atoms with Gasteiger partial charge in [0.15, 0.2) is 11.5 Å². The Balaban J connectivity index is 3.26. The number of methoxy groups -OCH3 is 1. The van der Waals surface area contributed by atoms with Gasteiger partial charge in [-0.2, -0.15) is 0 Å². The van der Waals surface area contributed by atoms with E-state index in [0.29, 0.717) is 4.47 Å². The third-order valence-corrected chi connectivity index (χ3v) is 2.75. The summed E-state index contributed by atoms with van der Waals surface area (Å²) in [5, 5.41) is 18.3. The summed E-state index contributed by atoms with van der Waals surface area (Å²) < 4.78 is 31.7. The Bertz CT molecular complexity index is 415. The summed E-state index contributed by atoms with van der Waals surface area (Å²) >= 11 is 3.09. The van der Waals surface area contributed by atoms with E-state index in [0.717, 1.165) is 0 Å². The maximum absolute atomic E-state index is 13.2. The molecule has 1 atom stereocenters. The molecule has 7 heteroatoms. The standard InChI is InChI=1S/C10H12BrF2NO3/c1-17-7-3-5(11)2-6(8(7)16)9(14)10(12,13)4-15/h2-3,9,15-16H,4,14H2,1H3/t9-/m0/s1. The molecule has 0 aliphatic carbocycles. The first-order chi connectivity index (χ1) is 7.83. The molecule has 1 rings (SSSR count). The predicted octanol–water partition coefficient (Wildman–Crippen LogP) is 1.79. The largest absolute Gasteiger partial charge is 0.504 e. The number of nitrogens with two attached hydrogens (primary N) is 1. The fourth-order valence-electron chi connectivity index (χ4n) is 1.31. The number of aliphatic hydroxyl groups excluding tert-OH is 1. The number of rotatable bonds is 4. The molecule has 0 aliphatic rings. The van der Waals surface area contributed by atoms with Crippen molar-refractivity contribution in [3.05, 3.63) is 22.2 Å². The Kier molecular flexibility index (Phi) is 4.29. The second kappa shape index (κ2) is 5.16. The van der Waals surface area contributed by atoms with Gasteiger partial charge in [0, 0.05) is 10.0 Å². The topological polar surface area (TPSA) is 75.7 Å². The van der Waals surface area contributed by atoms with Crippen molar-refractivity contribution in [2.45, 2.75) is 12.0 Å². The van der Waals surface area contributed by atoms with E-state index >= 15 is 0 Å². The van der Waals surface area contributed by atoms with Crippen LogP contribution in [-0.2, 0) is 0 Å². The highest BCUT2D eigenvalue weighted by Gasteiger charge is 2.39. The monoisotopic (exact) mass is 311 g/mol. The van der Waals surface area contributed by atoms with Crippen molar-refractivity contribution in [1.82, 2.24) is 0 Å². The van der Waals surface area contributed by atoms with Gasteiger partial charge in [-0.1, -0.05) is 15.9 Å². The Labute approximate surface area is 105 Å². The molecule has 0 bridgehead atoms. The molecule has 1 aromatic rings. The third kappa shape index (κ3) is 2.85. The first-order valence-electron chi connectivity index (χ1n) is 4.64. The second-order valence-electron chi connectivity index (χ2n) is 3.44. The fourth-order valence-corrected chi connectivity index (χ4v) is 1.77. The van der Waals surface area contributed by atoms with Crippen LogP contribution in [0.4, 0.5) is 8.78 Å². The molecule has 0 saturated heterocycles. The molecule has 0 amide bonds. The van der Waals surface area contributed by atoms with Crippen LogP contribution in [0.3, 0.4) is 0 Å². The number of alkyl halides is 2. The van der Waals surface area contributed by atoms with Crippen molar-refractivity contribution < 1.29 is 23.7 Å². The van der Waals surface area contributed by atoms with Crippen molar-refractivity contribution in [1.29, 1.82) is 0 Å². The number of aromatic hydroxyl groups is 1. The quantitative estimate of drug-likeness (QED) is 0.792. The molecule has 0 heterocycles. The lowest BCUT2D eigenvalue weighted by atomic mass is 10.0. The van der Waals surface area contributed by atoms with Crippen LogP contribution in [0.15, 0.2) is 16.6 Å². The highest BCUT2D eigenvalue weighted by atomic mass is 79.9. The zero-order valence-electron chi connectivity index (χ0n) is 8.95. The van der Waals surface area contributed by atoms with Gasteiger partial charge in [-0.05, 0) is 12.1 Å². The number of aliphatic hydroxyl groups is 1. The SMILES string of the molecule is COc1cc(Br)cc([C@H](N)C(F)(F)CO)c1O. The lowest BCUT2D eigenvalue weighted by Crippen LogP contribution is -2.36. The van der Waals surface area contributed by atoms with E-state index in [1.807, 2.05) is 0 Å². The van der Waals surface area contributed by atoms with E-state index in [9.17, 15) is 13.9 Å². The number of ether oxygens (including phenoxy) is 1. The molecular weight excluding hydrogens is 300 g/mol. The lowest BCUT2D eigenvalue weighted by molar-refractivity contribution is -0.0716. The Morgan fingerprint density at radius 2 is 2.12 bits per heavy atom. The molecule has 1 aromatic carbocycles. The van der Waals surface area contributed by atoms with Gasteiger partial charge in [0.05, 0.1) is 7.11 Å². The van der Waals surface area contributed by atoms with Gasteiger partial charge in [0.25, 0.3) is 5.92 Å². The summed E-state index contributed by atoms with van der Waals surface area (Å²) in [4.78, 5) is 0. The van der Waals surface area contributed by atoms with E-state index < -0.39 is 24.3 Å². The molecular formula is C10H12BrF2NO3. The highest BCUT2D eigenvalue weighted by Crippen LogP contribution is 2.40. The number of phenolic OH excluding ortho intramolecular Hbond substituents is 1. The molecule has 4 nitrogen and oxygen atoms in total. The van der Waals surface area contributed by atoms with Gasteiger partial charge in [-0.25, -0.2) is 8.78 Å². The number of hydrogen-bond acceptors (Lipinski definition) is 4. The first kappa shape index (κ1) is 14.1. The van der Waals surface area contributed by atoms with Crippen molar-refractivity contribution >= 4 is 15.9 Å². The van der Waals surface area contributed by atoms with Crippen molar-refractivity contribution in [2.75, 3.05) is 13.7 Å². The molecule has 0 fully saturated rings. The molecule has 0 aliphatic heterocycles. The molecule has 0 radical (unpaired) electrons. The number of benzene rings is 1. The van der Waals surface area contributed by atoms with E-state index in [4.69, 9.17) is 15.6 Å².